The van der Waals surface area contributed by atoms with Crippen LogP contribution in [0, 0.1) is 11.6 Å². The molecule has 0 radical (unpaired) electrons. The van der Waals surface area contributed by atoms with E-state index in [0.29, 0.717) is 0 Å². The number of carbonyl (C=O) groups excluding carboxylic acids is 1. The van der Waals surface area contributed by atoms with Gasteiger partial charge in [0.2, 0.25) is 0 Å². The standard InChI is InChI=1S/C9H7ClF2O2/c1-2-14-9(13)5-3-7(11)8(12)4-6(5)10/h3-4H,2H2,1H3. The van der Waals surface area contributed by atoms with E-state index in [9.17, 15) is 13.6 Å². The first-order chi connectivity index (χ1) is 6.56. The van der Waals surface area contributed by atoms with Gasteiger partial charge in [-0.2, -0.15) is 0 Å². The summed E-state index contributed by atoms with van der Waals surface area (Å²) in [7, 11) is 0. The highest BCUT2D eigenvalue weighted by Gasteiger charge is 2.15. The zero-order chi connectivity index (χ0) is 10.7. The third-order valence-electron chi connectivity index (χ3n) is 1.51. The molecule has 1 aromatic rings. The molecule has 0 aliphatic rings. The Hall–Kier alpha value is -1.16. The maximum absolute atomic E-state index is 12.7. The molecule has 0 fully saturated rings. The van der Waals surface area contributed by atoms with Crippen LogP contribution in [0.1, 0.15) is 17.3 Å². The molecule has 0 aromatic heterocycles. The van der Waals surface area contributed by atoms with E-state index < -0.39 is 17.6 Å². The summed E-state index contributed by atoms with van der Waals surface area (Å²) >= 11 is 5.52. The molecule has 2 nitrogen and oxygen atoms in total. The number of hydrogen-bond donors (Lipinski definition) is 0. The van der Waals surface area contributed by atoms with E-state index >= 15 is 0 Å². The molecule has 0 heterocycles. The number of esters is 1. The van der Waals surface area contributed by atoms with E-state index in [4.69, 9.17) is 11.6 Å². The fraction of sp³-hybridized carbons (Fsp3) is 0.222. The molecule has 0 aliphatic heterocycles. The highest BCUT2D eigenvalue weighted by molar-refractivity contribution is 6.33. The first-order valence-corrected chi connectivity index (χ1v) is 4.25. The largest absolute Gasteiger partial charge is 0.462 e. The molecule has 0 saturated carbocycles. The third kappa shape index (κ3) is 2.20. The Bertz CT molecular complexity index is 366. The summed E-state index contributed by atoms with van der Waals surface area (Å²) in [5.74, 6) is -2.99. The Morgan fingerprint density at radius 1 is 1.43 bits per heavy atom. The van der Waals surface area contributed by atoms with Gasteiger partial charge in [0.25, 0.3) is 0 Å². The second kappa shape index (κ2) is 4.37. The molecule has 1 rings (SSSR count). The number of hydrogen-bond acceptors (Lipinski definition) is 2. The predicted octanol–water partition coefficient (Wildman–Crippen LogP) is 2.79. The molecule has 0 spiro atoms. The van der Waals surface area contributed by atoms with Crippen molar-refractivity contribution in [2.45, 2.75) is 6.92 Å². The van der Waals surface area contributed by atoms with Gasteiger partial charge in [0.05, 0.1) is 17.2 Å². The van der Waals surface area contributed by atoms with Gasteiger partial charge in [-0.3, -0.25) is 0 Å². The number of rotatable bonds is 2. The van der Waals surface area contributed by atoms with Crippen LogP contribution in [0.3, 0.4) is 0 Å². The molecule has 14 heavy (non-hydrogen) atoms. The zero-order valence-corrected chi connectivity index (χ0v) is 8.07. The van der Waals surface area contributed by atoms with Crippen LogP contribution in [0.25, 0.3) is 0 Å². The average Bonchev–Trinajstić information content (AvgIpc) is 2.11. The SMILES string of the molecule is CCOC(=O)c1cc(F)c(F)cc1Cl. The lowest BCUT2D eigenvalue weighted by Crippen LogP contribution is -2.06. The zero-order valence-electron chi connectivity index (χ0n) is 7.31. The van der Waals surface area contributed by atoms with Crippen LogP contribution in [0.15, 0.2) is 12.1 Å². The summed E-state index contributed by atoms with van der Waals surface area (Å²) in [4.78, 5) is 11.1. The van der Waals surface area contributed by atoms with Crippen LogP contribution in [0.4, 0.5) is 8.78 Å². The Balaban J connectivity index is 3.09. The maximum Gasteiger partial charge on any atom is 0.339 e. The van der Waals surface area contributed by atoms with E-state index in [-0.39, 0.29) is 17.2 Å². The topological polar surface area (TPSA) is 26.3 Å². The second-order valence-electron chi connectivity index (χ2n) is 2.47. The molecule has 1 aromatic carbocycles. The third-order valence-corrected chi connectivity index (χ3v) is 1.82. The van der Waals surface area contributed by atoms with Crippen molar-refractivity contribution in [2.24, 2.45) is 0 Å². The molecular formula is C9H7ClF2O2. The van der Waals surface area contributed by atoms with Crippen molar-refractivity contribution in [3.8, 4) is 0 Å². The van der Waals surface area contributed by atoms with Crippen LogP contribution in [0.2, 0.25) is 5.02 Å². The minimum absolute atomic E-state index is 0.147. The van der Waals surface area contributed by atoms with Crippen molar-refractivity contribution < 1.29 is 18.3 Å². The predicted molar refractivity (Wildman–Crippen MR) is 47.3 cm³/mol. The average molecular weight is 221 g/mol. The van der Waals surface area contributed by atoms with Gasteiger partial charge < -0.3 is 4.74 Å². The van der Waals surface area contributed by atoms with Gasteiger partial charge in [0.1, 0.15) is 0 Å². The monoisotopic (exact) mass is 220 g/mol. The minimum atomic E-state index is -1.13. The molecule has 5 heteroatoms. The summed E-state index contributed by atoms with van der Waals surface area (Å²) in [6.45, 7) is 1.75. The molecular weight excluding hydrogens is 214 g/mol. The Kier molecular flexibility index (Phi) is 3.41. The Morgan fingerprint density at radius 2 is 2.00 bits per heavy atom. The van der Waals surface area contributed by atoms with E-state index in [1.807, 2.05) is 0 Å². The molecule has 0 amide bonds. The van der Waals surface area contributed by atoms with Gasteiger partial charge in [-0.15, -0.1) is 0 Å². The summed E-state index contributed by atoms with van der Waals surface area (Å²) in [6, 6.07) is 1.46. The molecule has 76 valence electrons. The van der Waals surface area contributed by atoms with Crippen molar-refractivity contribution in [3.05, 3.63) is 34.4 Å². The van der Waals surface area contributed by atoms with Gasteiger partial charge in [-0.05, 0) is 19.1 Å². The van der Waals surface area contributed by atoms with Crippen molar-refractivity contribution in [2.75, 3.05) is 6.61 Å². The van der Waals surface area contributed by atoms with Crippen LogP contribution >= 0.6 is 11.6 Å². The fourth-order valence-electron chi connectivity index (χ4n) is 0.888. The van der Waals surface area contributed by atoms with E-state index in [0.717, 1.165) is 12.1 Å². The number of ether oxygens (including phenoxy) is 1. The summed E-state index contributed by atoms with van der Waals surface area (Å²) in [5, 5.41) is -0.164. The van der Waals surface area contributed by atoms with Gasteiger partial charge in [0, 0.05) is 0 Å². The normalized spacial score (nSPS) is 10.0. The first-order valence-electron chi connectivity index (χ1n) is 3.88. The number of carbonyl (C=O) groups is 1. The maximum atomic E-state index is 12.7. The van der Waals surface area contributed by atoms with Crippen LogP contribution in [0.5, 0.6) is 0 Å². The number of benzene rings is 1. The van der Waals surface area contributed by atoms with Gasteiger partial charge in [-0.1, -0.05) is 11.6 Å². The molecule has 0 atom stereocenters. The lowest BCUT2D eigenvalue weighted by Gasteiger charge is -2.04. The highest BCUT2D eigenvalue weighted by atomic mass is 35.5. The van der Waals surface area contributed by atoms with Gasteiger partial charge in [0.15, 0.2) is 11.6 Å². The summed E-state index contributed by atoms with van der Waals surface area (Å²) < 4.78 is 29.9. The first kappa shape index (κ1) is 10.9. The fourth-order valence-corrected chi connectivity index (χ4v) is 1.12. The molecule has 0 bridgehead atoms. The van der Waals surface area contributed by atoms with E-state index in [2.05, 4.69) is 4.74 Å². The molecule has 0 unspecified atom stereocenters. The minimum Gasteiger partial charge on any atom is -0.462 e. The van der Waals surface area contributed by atoms with Crippen LogP contribution in [-0.4, -0.2) is 12.6 Å². The van der Waals surface area contributed by atoms with Gasteiger partial charge >= 0.3 is 5.97 Å². The van der Waals surface area contributed by atoms with Crippen molar-refractivity contribution in [3.63, 3.8) is 0 Å². The van der Waals surface area contributed by atoms with Crippen molar-refractivity contribution in [1.29, 1.82) is 0 Å². The van der Waals surface area contributed by atoms with E-state index in [1.165, 1.54) is 0 Å². The second-order valence-corrected chi connectivity index (χ2v) is 2.87. The Labute approximate surface area is 84.4 Å². The summed E-state index contributed by atoms with van der Waals surface area (Å²) in [5.41, 5.74) is -0.174. The van der Waals surface area contributed by atoms with Crippen molar-refractivity contribution in [1.82, 2.24) is 0 Å². The smallest absolute Gasteiger partial charge is 0.339 e. The highest BCUT2D eigenvalue weighted by Crippen LogP contribution is 2.20. The summed E-state index contributed by atoms with van der Waals surface area (Å²) in [6.07, 6.45) is 0. The lowest BCUT2D eigenvalue weighted by atomic mass is 10.2. The molecule has 0 aliphatic carbocycles. The van der Waals surface area contributed by atoms with Crippen LogP contribution in [-0.2, 0) is 4.74 Å². The molecule has 0 N–H and O–H groups in total. The van der Waals surface area contributed by atoms with E-state index in [1.54, 1.807) is 6.92 Å². The lowest BCUT2D eigenvalue weighted by molar-refractivity contribution is 0.0526. The Morgan fingerprint density at radius 3 is 2.57 bits per heavy atom. The number of halogens is 3. The molecule has 0 saturated heterocycles. The van der Waals surface area contributed by atoms with Crippen molar-refractivity contribution >= 4 is 17.6 Å². The quantitative estimate of drug-likeness (QED) is 0.566. The van der Waals surface area contributed by atoms with Crippen LogP contribution < -0.4 is 0 Å². The van der Waals surface area contributed by atoms with Gasteiger partial charge in [-0.25, -0.2) is 13.6 Å².